The molecule has 0 aliphatic carbocycles. The van der Waals surface area contributed by atoms with Crippen LogP contribution in [0, 0.1) is 0 Å². The Morgan fingerprint density at radius 3 is 2.50 bits per heavy atom. The van der Waals surface area contributed by atoms with E-state index in [1.807, 2.05) is 0 Å². The average Bonchev–Trinajstić information content (AvgIpc) is 3.06. The number of nitrogens with zero attached hydrogens (tertiary/aromatic N) is 3. The molecule has 1 aromatic heterocycles. The third-order valence-electron chi connectivity index (χ3n) is 5.24. The number of carbonyl (C=O) groups is 1. The van der Waals surface area contributed by atoms with Crippen molar-refractivity contribution in [3.8, 4) is 5.75 Å². The number of carbonyl (C=O) groups excluding carboxylic acids is 1. The van der Waals surface area contributed by atoms with E-state index in [2.05, 4.69) is 0 Å². The van der Waals surface area contributed by atoms with Gasteiger partial charge in [0.2, 0.25) is 10.0 Å². The van der Waals surface area contributed by atoms with Gasteiger partial charge in [-0.1, -0.05) is 17.4 Å². The van der Waals surface area contributed by atoms with E-state index in [0.717, 1.165) is 11.3 Å². The van der Waals surface area contributed by atoms with Crippen LogP contribution in [0.2, 0.25) is 0 Å². The molecule has 0 bridgehead atoms. The van der Waals surface area contributed by atoms with E-state index in [0.29, 0.717) is 34.6 Å². The largest absolute Gasteiger partial charge is 0.497 e. The number of aryl methyl sites for hydroxylation is 1. The zero-order valence-electron chi connectivity index (χ0n) is 16.6. The Balaban J connectivity index is 1.50. The topological polar surface area (TPSA) is 88.9 Å². The fourth-order valence-corrected chi connectivity index (χ4v) is 5.94. The molecule has 2 aromatic carbocycles. The number of methoxy groups -OCH3 is 1. The van der Waals surface area contributed by atoms with Crippen LogP contribution in [0.25, 0.3) is 10.2 Å². The van der Waals surface area contributed by atoms with E-state index in [1.165, 1.54) is 14.9 Å². The summed E-state index contributed by atoms with van der Waals surface area (Å²) in [4.78, 5) is 26.2. The van der Waals surface area contributed by atoms with Crippen molar-refractivity contribution in [1.29, 1.82) is 0 Å². The van der Waals surface area contributed by atoms with Gasteiger partial charge in [-0.15, -0.1) is 0 Å². The number of fused-ring (bicyclic) bond motifs is 1. The first-order chi connectivity index (χ1) is 14.3. The minimum Gasteiger partial charge on any atom is -0.497 e. The Labute approximate surface area is 178 Å². The van der Waals surface area contributed by atoms with Crippen LogP contribution in [-0.4, -0.2) is 61.4 Å². The van der Waals surface area contributed by atoms with Crippen LogP contribution in [0.4, 0.5) is 0 Å². The van der Waals surface area contributed by atoms with Gasteiger partial charge in [0.25, 0.3) is 5.91 Å². The summed E-state index contributed by atoms with van der Waals surface area (Å²) in [6.07, 6.45) is 0. The highest BCUT2D eigenvalue weighted by atomic mass is 32.2. The van der Waals surface area contributed by atoms with Crippen molar-refractivity contribution in [2.45, 2.75) is 4.90 Å². The van der Waals surface area contributed by atoms with Gasteiger partial charge in [-0.3, -0.25) is 9.59 Å². The summed E-state index contributed by atoms with van der Waals surface area (Å²) in [6.45, 7) is 1.02. The monoisotopic (exact) mass is 447 g/mol. The summed E-state index contributed by atoms with van der Waals surface area (Å²) in [5.41, 5.74) is 1.22. The molecule has 0 unspecified atom stereocenters. The molecule has 1 amide bonds. The van der Waals surface area contributed by atoms with E-state index in [-0.39, 0.29) is 28.8 Å². The second kappa shape index (κ2) is 7.86. The molecule has 0 N–H and O–H groups in total. The number of rotatable bonds is 4. The maximum absolute atomic E-state index is 13.1. The second-order valence-corrected chi connectivity index (χ2v) is 9.92. The molecule has 1 saturated heterocycles. The van der Waals surface area contributed by atoms with Gasteiger partial charge in [0, 0.05) is 38.8 Å². The van der Waals surface area contributed by atoms with Crippen molar-refractivity contribution in [2.24, 2.45) is 7.05 Å². The normalized spacial score (nSPS) is 15.5. The van der Waals surface area contributed by atoms with Gasteiger partial charge in [0.05, 0.1) is 22.2 Å². The van der Waals surface area contributed by atoms with E-state index < -0.39 is 10.0 Å². The molecule has 1 aliphatic heterocycles. The lowest BCUT2D eigenvalue weighted by molar-refractivity contribution is 0.0697. The number of aromatic nitrogens is 1. The SMILES string of the molecule is COc1cccc(C(=O)N2CCN(S(=O)(=O)c3ccc4c(c3)sc(=O)n4C)CC2)c1. The first-order valence-electron chi connectivity index (χ1n) is 9.34. The summed E-state index contributed by atoms with van der Waals surface area (Å²) in [5, 5.41) is 0. The van der Waals surface area contributed by atoms with Gasteiger partial charge < -0.3 is 14.2 Å². The van der Waals surface area contributed by atoms with E-state index in [4.69, 9.17) is 4.74 Å². The highest BCUT2D eigenvalue weighted by molar-refractivity contribution is 7.89. The van der Waals surface area contributed by atoms with Crippen LogP contribution in [0.5, 0.6) is 5.75 Å². The van der Waals surface area contributed by atoms with E-state index in [9.17, 15) is 18.0 Å². The van der Waals surface area contributed by atoms with Gasteiger partial charge in [-0.2, -0.15) is 4.31 Å². The minimum absolute atomic E-state index is 0.135. The lowest BCUT2D eigenvalue weighted by Gasteiger charge is -2.34. The Bertz CT molecular complexity index is 1270. The number of ether oxygens (including phenoxy) is 1. The third-order valence-corrected chi connectivity index (χ3v) is 8.13. The smallest absolute Gasteiger partial charge is 0.307 e. The maximum atomic E-state index is 13.1. The predicted octanol–water partition coefficient (Wildman–Crippen LogP) is 1.76. The van der Waals surface area contributed by atoms with Crippen molar-refractivity contribution >= 4 is 37.5 Å². The van der Waals surface area contributed by atoms with Gasteiger partial charge in [0.1, 0.15) is 5.75 Å². The standard InChI is InChI=1S/C20H21N3O5S2/c1-21-17-7-6-16(13-18(17)29-20(21)25)30(26,27)23-10-8-22(9-11-23)19(24)14-4-3-5-15(12-14)28-2/h3-7,12-13H,8-11H2,1-2H3. The van der Waals surface area contributed by atoms with Crippen LogP contribution in [-0.2, 0) is 17.1 Å². The molecule has 0 saturated carbocycles. The number of hydrogen-bond donors (Lipinski definition) is 0. The number of amides is 1. The van der Waals surface area contributed by atoms with Crippen LogP contribution < -0.4 is 9.61 Å². The fourth-order valence-electron chi connectivity index (χ4n) is 3.49. The van der Waals surface area contributed by atoms with Crippen LogP contribution >= 0.6 is 11.3 Å². The van der Waals surface area contributed by atoms with Crippen molar-refractivity contribution in [2.75, 3.05) is 33.3 Å². The highest BCUT2D eigenvalue weighted by Gasteiger charge is 2.31. The minimum atomic E-state index is -3.71. The molecular formula is C20H21N3O5S2. The van der Waals surface area contributed by atoms with Gasteiger partial charge in [0.15, 0.2) is 0 Å². The van der Waals surface area contributed by atoms with Crippen LogP contribution in [0.1, 0.15) is 10.4 Å². The maximum Gasteiger partial charge on any atom is 0.307 e. The van der Waals surface area contributed by atoms with Crippen molar-refractivity contribution in [3.63, 3.8) is 0 Å². The zero-order valence-corrected chi connectivity index (χ0v) is 18.2. The molecule has 8 nitrogen and oxygen atoms in total. The van der Waals surface area contributed by atoms with Crippen LogP contribution in [0.3, 0.4) is 0 Å². The predicted molar refractivity (Wildman–Crippen MR) is 115 cm³/mol. The lowest BCUT2D eigenvalue weighted by Crippen LogP contribution is -2.50. The Morgan fingerprint density at radius 2 is 1.80 bits per heavy atom. The number of hydrogen-bond acceptors (Lipinski definition) is 6. The second-order valence-electron chi connectivity index (χ2n) is 6.98. The first-order valence-corrected chi connectivity index (χ1v) is 11.6. The molecule has 0 radical (unpaired) electrons. The first kappa shape index (κ1) is 20.6. The van der Waals surface area contributed by atoms with Gasteiger partial charge in [-0.05, 0) is 36.4 Å². The van der Waals surface area contributed by atoms with E-state index >= 15 is 0 Å². The van der Waals surface area contributed by atoms with Crippen molar-refractivity contribution < 1.29 is 17.9 Å². The lowest BCUT2D eigenvalue weighted by atomic mass is 10.1. The quantitative estimate of drug-likeness (QED) is 0.608. The summed E-state index contributed by atoms with van der Waals surface area (Å²) < 4.78 is 34.8. The van der Waals surface area contributed by atoms with Gasteiger partial charge >= 0.3 is 4.87 Å². The average molecular weight is 448 g/mol. The van der Waals surface area contributed by atoms with E-state index in [1.54, 1.807) is 55.5 Å². The number of benzene rings is 2. The summed E-state index contributed by atoms with van der Waals surface area (Å²) in [5.74, 6) is 0.446. The molecule has 30 heavy (non-hydrogen) atoms. The molecule has 0 spiro atoms. The molecular weight excluding hydrogens is 426 g/mol. The Hall–Kier alpha value is -2.69. The number of sulfonamides is 1. The Kier molecular flexibility index (Phi) is 5.39. The molecule has 4 rings (SSSR count). The van der Waals surface area contributed by atoms with Crippen molar-refractivity contribution in [3.05, 3.63) is 57.7 Å². The molecule has 2 heterocycles. The molecule has 3 aromatic rings. The summed E-state index contributed by atoms with van der Waals surface area (Å²) in [6, 6.07) is 11.6. The highest BCUT2D eigenvalue weighted by Crippen LogP contribution is 2.24. The zero-order chi connectivity index (χ0) is 21.5. The molecule has 158 valence electrons. The molecule has 1 fully saturated rings. The van der Waals surface area contributed by atoms with Crippen molar-refractivity contribution in [1.82, 2.24) is 13.8 Å². The summed E-state index contributed by atoms with van der Waals surface area (Å²) in [7, 11) is -0.510. The number of piperazine rings is 1. The molecule has 10 heteroatoms. The molecule has 0 atom stereocenters. The van der Waals surface area contributed by atoms with Crippen LogP contribution in [0.15, 0.2) is 52.2 Å². The molecule has 1 aliphatic rings. The third kappa shape index (κ3) is 3.62. The summed E-state index contributed by atoms with van der Waals surface area (Å²) >= 11 is 1.02. The number of thiazole rings is 1. The fraction of sp³-hybridized carbons (Fsp3) is 0.300. The van der Waals surface area contributed by atoms with Gasteiger partial charge in [-0.25, -0.2) is 8.42 Å². The Morgan fingerprint density at radius 1 is 1.07 bits per heavy atom.